The lowest BCUT2D eigenvalue weighted by Gasteiger charge is -2.31. The van der Waals surface area contributed by atoms with Crippen LogP contribution in [0.5, 0.6) is 0 Å². The van der Waals surface area contributed by atoms with Gasteiger partial charge in [-0.1, -0.05) is 26.0 Å². The number of rotatable bonds is 8. The smallest absolute Gasteiger partial charge is 0.336 e. The maximum Gasteiger partial charge on any atom is 0.336 e. The molecule has 1 amide bonds. The highest BCUT2D eigenvalue weighted by molar-refractivity contribution is 6.03. The highest BCUT2D eigenvalue weighted by Crippen LogP contribution is 2.39. The Balaban J connectivity index is 2.62. The van der Waals surface area contributed by atoms with Gasteiger partial charge in [-0.15, -0.1) is 0 Å². The Bertz CT molecular complexity index is 1030. The number of amides is 1. The number of nitro benzene ring substituents is 1. The molecule has 0 spiro atoms. The quantitative estimate of drug-likeness (QED) is 0.344. The summed E-state index contributed by atoms with van der Waals surface area (Å²) in [5.74, 6) is -3.07. The second kappa shape index (κ2) is 10.8. The van der Waals surface area contributed by atoms with Crippen LogP contribution >= 0.6 is 0 Å². The van der Waals surface area contributed by atoms with Crippen LogP contribution in [-0.4, -0.2) is 42.5 Å². The molecule has 0 saturated heterocycles. The van der Waals surface area contributed by atoms with E-state index in [1.165, 1.54) is 25.3 Å². The molecule has 33 heavy (non-hydrogen) atoms. The van der Waals surface area contributed by atoms with E-state index in [4.69, 9.17) is 9.47 Å². The van der Waals surface area contributed by atoms with E-state index in [9.17, 15) is 24.5 Å². The summed E-state index contributed by atoms with van der Waals surface area (Å²) in [6, 6.07) is 4.81. The first-order valence-electron chi connectivity index (χ1n) is 10.5. The summed E-state index contributed by atoms with van der Waals surface area (Å²) in [5.41, 5.74) is 1.38. The zero-order chi connectivity index (χ0) is 24.9. The van der Waals surface area contributed by atoms with Gasteiger partial charge in [0.2, 0.25) is 0 Å². The Morgan fingerprint density at radius 2 is 1.82 bits per heavy atom. The van der Waals surface area contributed by atoms with Gasteiger partial charge in [0.25, 0.3) is 11.6 Å². The van der Waals surface area contributed by atoms with Gasteiger partial charge in [-0.3, -0.25) is 14.9 Å². The number of nitro groups is 1. The molecule has 1 heterocycles. The number of benzene rings is 1. The molecule has 2 atom stereocenters. The van der Waals surface area contributed by atoms with Crippen LogP contribution in [0.25, 0.3) is 0 Å². The third-order valence-electron chi connectivity index (χ3n) is 5.32. The molecule has 0 radical (unpaired) electrons. The molecule has 1 aromatic carbocycles. The molecule has 1 aliphatic heterocycles. The van der Waals surface area contributed by atoms with Gasteiger partial charge in [0.1, 0.15) is 6.04 Å². The SMILES string of the molecule is CCOC(=O)[C@@H](NC(=O)C1=C(C)NC(C)=C(C(=O)OC)[C@@H]1c1cccc([N+](=O)[O-])c1)C(C)C. The molecule has 2 N–H and O–H groups in total. The standard InChI is InChI=1S/C23H29N3O7/c1-7-33-23(29)20(12(2)3)25-21(27)17-13(4)24-14(5)18(22(28)32-6)19(17)15-9-8-10-16(11-15)26(30)31/h8-12,19-20,24H,7H2,1-6H3,(H,25,27)/t19-,20+/m1/s1. The summed E-state index contributed by atoms with van der Waals surface area (Å²) in [6.07, 6.45) is 0. The Hall–Kier alpha value is -3.69. The lowest BCUT2D eigenvalue weighted by atomic mass is 9.79. The van der Waals surface area contributed by atoms with Crippen LogP contribution in [0, 0.1) is 16.0 Å². The number of nitrogens with one attached hydrogen (secondary N) is 2. The molecule has 178 valence electrons. The molecular formula is C23H29N3O7. The topological polar surface area (TPSA) is 137 Å². The van der Waals surface area contributed by atoms with Crippen molar-refractivity contribution in [3.8, 4) is 0 Å². The highest BCUT2D eigenvalue weighted by Gasteiger charge is 2.39. The maximum absolute atomic E-state index is 13.5. The molecule has 2 rings (SSSR count). The average Bonchev–Trinajstić information content (AvgIpc) is 2.76. The molecular weight excluding hydrogens is 430 g/mol. The van der Waals surface area contributed by atoms with Crippen molar-refractivity contribution in [1.82, 2.24) is 10.6 Å². The van der Waals surface area contributed by atoms with Crippen LogP contribution in [-0.2, 0) is 23.9 Å². The first-order chi connectivity index (χ1) is 15.5. The van der Waals surface area contributed by atoms with Gasteiger partial charge in [0.05, 0.1) is 30.1 Å². The minimum absolute atomic E-state index is 0.144. The number of dihydropyridines is 1. The summed E-state index contributed by atoms with van der Waals surface area (Å²) in [5, 5.41) is 17.1. The first kappa shape index (κ1) is 25.6. The Morgan fingerprint density at radius 3 is 2.36 bits per heavy atom. The monoisotopic (exact) mass is 459 g/mol. The molecule has 0 aliphatic carbocycles. The summed E-state index contributed by atoms with van der Waals surface area (Å²) in [6.45, 7) is 8.68. The summed E-state index contributed by atoms with van der Waals surface area (Å²) < 4.78 is 10.0. The van der Waals surface area contributed by atoms with E-state index in [1.807, 2.05) is 0 Å². The molecule has 10 nitrogen and oxygen atoms in total. The van der Waals surface area contributed by atoms with Gasteiger partial charge < -0.3 is 20.1 Å². The molecule has 0 bridgehead atoms. The van der Waals surface area contributed by atoms with Gasteiger partial charge in [0, 0.05) is 29.1 Å². The van der Waals surface area contributed by atoms with E-state index in [1.54, 1.807) is 40.7 Å². The van der Waals surface area contributed by atoms with Gasteiger partial charge in [-0.2, -0.15) is 0 Å². The molecule has 0 unspecified atom stereocenters. The van der Waals surface area contributed by atoms with Gasteiger partial charge in [-0.05, 0) is 32.3 Å². The Labute approximate surface area is 192 Å². The normalized spacial score (nSPS) is 16.8. The fourth-order valence-electron chi connectivity index (χ4n) is 3.78. The maximum atomic E-state index is 13.5. The predicted molar refractivity (Wildman–Crippen MR) is 120 cm³/mol. The van der Waals surface area contributed by atoms with Crippen LogP contribution < -0.4 is 10.6 Å². The number of carbonyl (C=O) groups is 3. The third kappa shape index (κ3) is 5.57. The zero-order valence-electron chi connectivity index (χ0n) is 19.6. The Morgan fingerprint density at radius 1 is 1.18 bits per heavy atom. The highest BCUT2D eigenvalue weighted by atomic mass is 16.6. The number of nitrogens with zero attached hydrogens (tertiary/aromatic N) is 1. The van der Waals surface area contributed by atoms with Crippen LogP contribution in [0.2, 0.25) is 0 Å². The van der Waals surface area contributed by atoms with Gasteiger partial charge in [0.15, 0.2) is 0 Å². The van der Waals surface area contributed by atoms with Crippen molar-refractivity contribution in [3.05, 3.63) is 62.5 Å². The van der Waals surface area contributed by atoms with Crippen LogP contribution in [0.1, 0.15) is 46.1 Å². The van der Waals surface area contributed by atoms with E-state index < -0.39 is 34.7 Å². The van der Waals surface area contributed by atoms with Crippen molar-refractivity contribution in [2.24, 2.45) is 5.92 Å². The Kier molecular flexibility index (Phi) is 8.33. The molecule has 1 aliphatic rings. The first-order valence-corrected chi connectivity index (χ1v) is 10.5. The minimum Gasteiger partial charge on any atom is -0.466 e. The molecule has 0 fully saturated rings. The number of hydrogen-bond donors (Lipinski definition) is 2. The largest absolute Gasteiger partial charge is 0.466 e. The second-order valence-electron chi connectivity index (χ2n) is 7.93. The van der Waals surface area contributed by atoms with E-state index in [2.05, 4.69) is 10.6 Å². The molecule has 0 saturated carbocycles. The average molecular weight is 459 g/mol. The number of hydrogen-bond acceptors (Lipinski definition) is 8. The van der Waals surface area contributed by atoms with E-state index in [0.29, 0.717) is 17.0 Å². The number of carbonyl (C=O) groups excluding carboxylic acids is 3. The van der Waals surface area contributed by atoms with Crippen molar-refractivity contribution < 1.29 is 28.8 Å². The summed E-state index contributed by atoms with van der Waals surface area (Å²) >= 11 is 0. The number of methoxy groups -OCH3 is 1. The number of esters is 2. The number of ether oxygens (including phenoxy) is 2. The lowest BCUT2D eigenvalue weighted by molar-refractivity contribution is -0.384. The predicted octanol–water partition coefficient (Wildman–Crippen LogP) is 2.71. The van der Waals surface area contributed by atoms with Crippen molar-refractivity contribution in [3.63, 3.8) is 0 Å². The summed E-state index contributed by atoms with van der Waals surface area (Å²) in [7, 11) is 1.22. The van der Waals surface area contributed by atoms with Crippen molar-refractivity contribution in [2.45, 2.75) is 46.6 Å². The second-order valence-corrected chi connectivity index (χ2v) is 7.93. The molecule has 0 aromatic heterocycles. The van der Waals surface area contributed by atoms with E-state index in [0.717, 1.165) is 0 Å². The number of allylic oxidation sites excluding steroid dienone is 2. The van der Waals surface area contributed by atoms with Gasteiger partial charge in [-0.25, -0.2) is 9.59 Å². The van der Waals surface area contributed by atoms with E-state index >= 15 is 0 Å². The fourth-order valence-corrected chi connectivity index (χ4v) is 3.78. The minimum atomic E-state index is -0.950. The van der Waals surface area contributed by atoms with Crippen LogP contribution in [0.3, 0.4) is 0 Å². The molecule has 1 aromatic rings. The van der Waals surface area contributed by atoms with Crippen molar-refractivity contribution in [1.29, 1.82) is 0 Å². The molecule has 10 heteroatoms. The van der Waals surface area contributed by atoms with Gasteiger partial charge >= 0.3 is 11.9 Å². The van der Waals surface area contributed by atoms with E-state index in [-0.39, 0.29) is 29.4 Å². The van der Waals surface area contributed by atoms with Crippen LogP contribution in [0.15, 0.2) is 46.8 Å². The fraction of sp³-hybridized carbons (Fsp3) is 0.435. The lowest BCUT2D eigenvalue weighted by Crippen LogP contribution is -2.47. The van der Waals surface area contributed by atoms with Crippen LogP contribution in [0.4, 0.5) is 5.69 Å². The zero-order valence-corrected chi connectivity index (χ0v) is 19.6. The van der Waals surface area contributed by atoms with Crippen molar-refractivity contribution in [2.75, 3.05) is 13.7 Å². The summed E-state index contributed by atoms with van der Waals surface area (Å²) in [4.78, 5) is 49.4. The number of non-ortho nitro benzene ring substituents is 1. The third-order valence-corrected chi connectivity index (χ3v) is 5.32. The van der Waals surface area contributed by atoms with Crippen molar-refractivity contribution >= 4 is 23.5 Å².